The molecule has 2 saturated carbocycles. The molecular weight excluding hydrogens is 294 g/mol. The smallest absolute Gasteiger partial charge is 0.0731 e. The Kier molecular flexibility index (Phi) is 3.35. The number of rotatable bonds is 3. The van der Waals surface area contributed by atoms with Crippen LogP contribution in [-0.4, -0.2) is 0 Å². The van der Waals surface area contributed by atoms with Gasteiger partial charge >= 0.3 is 0 Å². The summed E-state index contributed by atoms with van der Waals surface area (Å²) >= 11 is 5.41. The Bertz CT molecular complexity index is 395. The first-order chi connectivity index (χ1) is 8.13. The molecule has 0 amide bonds. The third kappa shape index (κ3) is 2.34. The minimum atomic E-state index is 0.259. The fraction of sp³-hybridized carbons (Fsp3) is 0.714. The molecule has 1 heterocycles. The molecule has 1 aromatic rings. The van der Waals surface area contributed by atoms with Crippen molar-refractivity contribution in [2.24, 2.45) is 23.5 Å². The van der Waals surface area contributed by atoms with Crippen LogP contribution in [0.1, 0.15) is 48.6 Å². The lowest BCUT2D eigenvalue weighted by molar-refractivity contribution is 0.297. The van der Waals surface area contributed by atoms with Gasteiger partial charge in [0.15, 0.2) is 0 Å². The van der Waals surface area contributed by atoms with Crippen LogP contribution >= 0.6 is 27.3 Å². The molecule has 0 aromatic carbocycles. The second-order valence-corrected chi connectivity index (χ2v) is 8.28. The Balaban J connectivity index is 1.65. The molecule has 0 saturated heterocycles. The number of hydrogen-bond donors (Lipinski definition) is 1. The highest BCUT2D eigenvalue weighted by atomic mass is 79.9. The van der Waals surface area contributed by atoms with Gasteiger partial charge in [0.2, 0.25) is 0 Å². The molecule has 2 fully saturated rings. The van der Waals surface area contributed by atoms with E-state index in [2.05, 4.69) is 28.9 Å². The van der Waals surface area contributed by atoms with Gasteiger partial charge in [-0.1, -0.05) is 6.42 Å². The normalized spacial score (nSPS) is 33.2. The van der Waals surface area contributed by atoms with Crippen LogP contribution in [-0.2, 0) is 0 Å². The molecule has 4 atom stereocenters. The first kappa shape index (κ1) is 12.2. The highest BCUT2D eigenvalue weighted by Crippen LogP contribution is 2.51. The first-order valence-corrected chi connectivity index (χ1v) is 8.26. The summed E-state index contributed by atoms with van der Waals surface area (Å²) < 4.78 is 1.25. The van der Waals surface area contributed by atoms with E-state index in [1.54, 1.807) is 0 Å². The SMILES string of the molecule is Cc1cc(C(N)CC2CC3CCC2C3)sc1Br. The van der Waals surface area contributed by atoms with Crippen molar-refractivity contribution in [2.75, 3.05) is 0 Å². The Morgan fingerprint density at radius 3 is 2.82 bits per heavy atom. The highest BCUT2D eigenvalue weighted by Gasteiger charge is 2.39. The third-order valence-electron chi connectivity index (χ3n) is 4.68. The van der Waals surface area contributed by atoms with Gasteiger partial charge in [0.05, 0.1) is 3.79 Å². The van der Waals surface area contributed by atoms with Crippen LogP contribution < -0.4 is 5.73 Å². The molecule has 2 aliphatic rings. The van der Waals surface area contributed by atoms with Crippen molar-refractivity contribution in [3.8, 4) is 0 Å². The van der Waals surface area contributed by atoms with Gasteiger partial charge in [0.1, 0.15) is 0 Å². The Labute approximate surface area is 116 Å². The average Bonchev–Trinajstić information content (AvgIpc) is 2.95. The molecule has 4 unspecified atom stereocenters. The van der Waals surface area contributed by atoms with E-state index in [0.717, 1.165) is 17.8 Å². The molecule has 2 aliphatic carbocycles. The molecule has 0 radical (unpaired) electrons. The van der Waals surface area contributed by atoms with E-state index in [1.807, 2.05) is 11.3 Å². The average molecular weight is 314 g/mol. The fourth-order valence-electron chi connectivity index (χ4n) is 3.77. The Morgan fingerprint density at radius 1 is 1.47 bits per heavy atom. The maximum Gasteiger partial charge on any atom is 0.0731 e. The van der Waals surface area contributed by atoms with E-state index in [4.69, 9.17) is 5.73 Å². The quantitative estimate of drug-likeness (QED) is 0.864. The van der Waals surface area contributed by atoms with Crippen LogP contribution in [0.2, 0.25) is 0 Å². The van der Waals surface area contributed by atoms with Gasteiger partial charge in [-0.05, 0) is 77.9 Å². The maximum atomic E-state index is 6.38. The van der Waals surface area contributed by atoms with Crippen molar-refractivity contribution in [1.29, 1.82) is 0 Å². The highest BCUT2D eigenvalue weighted by molar-refractivity contribution is 9.11. The molecular formula is C14H20BrNS. The maximum absolute atomic E-state index is 6.38. The summed E-state index contributed by atoms with van der Waals surface area (Å²) in [6.45, 7) is 2.15. The zero-order valence-corrected chi connectivity index (χ0v) is 12.7. The Hall–Kier alpha value is 0.140. The second-order valence-electron chi connectivity index (χ2n) is 5.88. The Morgan fingerprint density at radius 2 is 2.29 bits per heavy atom. The zero-order valence-electron chi connectivity index (χ0n) is 10.3. The van der Waals surface area contributed by atoms with Gasteiger partial charge in [0.25, 0.3) is 0 Å². The minimum Gasteiger partial charge on any atom is -0.323 e. The van der Waals surface area contributed by atoms with Gasteiger partial charge in [-0.25, -0.2) is 0 Å². The van der Waals surface area contributed by atoms with E-state index in [-0.39, 0.29) is 6.04 Å². The minimum absolute atomic E-state index is 0.259. The lowest BCUT2D eigenvalue weighted by atomic mass is 9.84. The lowest BCUT2D eigenvalue weighted by Gasteiger charge is -2.24. The third-order valence-corrected chi connectivity index (χ3v) is 6.95. The summed E-state index contributed by atoms with van der Waals surface area (Å²) in [4.78, 5) is 1.36. The van der Waals surface area contributed by atoms with Crippen molar-refractivity contribution in [3.05, 3.63) is 20.3 Å². The summed E-state index contributed by atoms with van der Waals surface area (Å²) in [6.07, 6.45) is 7.09. The predicted molar refractivity (Wildman–Crippen MR) is 77.2 cm³/mol. The number of nitrogens with two attached hydrogens (primary N) is 1. The van der Waals surface area contributed by atoms with Gasteiger partial charge in [-0.3, -0.25) is 0 Å². The van der Waals surface area contributed by atoms with Crippen LogP contribution in [0.4, 0.5) is 0 Å². The standard InChI is InChI=1S/C14H20BrNS/c1-8-4-13(17-14(8)15)12(16)7-11-6-9-2-3-10(11)5-9/h4,9-12H,2-3,5-7,16H2,1H3. The number of fused-ring (bicyclic) bond motifs is 2. The molecule has 94 valence electrons. The molecule has 2 N–H and O–H groups in total. The predicted octanol–water partition coefficient (Wildman–Crippen LogP) is 4.65. The van der Waals surface area contributed by atoms with Crippen LogP contribution in [0.3, 0.4) is 0 Å². The summed E-state index contributed by atoms with van der Waals surface area (Å²) in [5.41, 5.74) is 7.71. The molecule has 1 aromatic heterocycles. The summed E-state index contributed by atoms with van der Waals surface area (Å²) in [6, 6.07) is 2.52. The zero-order chi connectivity index (χ0) is 12.0. The molecule has 1 nitrogen and oxygen atoms in total. The van der Waals surface area contributed by atoms with E-state index >= 15 is 0 Å². The molecule has 3 heteroatoms. The monoisotopic (exact) mass is 313 g/mol. The van der Waals surface area contributed by atoms with Gasteiger partial charge in [0, 0.05) is 10.9 Å². The molecule has 0 spiro atoms. The summed E-state index contributed by atoms with van der Waals surface area (Å²) in [5.74, 6) is 2.94. The number of hydrogen-bond acceptors (Lipinski definition) is 2. The van der Waals surface area contributed by atoms with Crippen molar-refractivity contribution in [2.45, 2.75) is 45.1 Å². The van der Waals surface area contributed by atoms with Gasteiger partial charge < -0.3 is 5.73 Å². The van der Waals surface area contributed by atoms with E-state index in [0.29, 0.717) is 0 Å². The fourth-order valence-corrected chi connectivity index (χ4v) is 5.36. The van der Waals surface area contributed by atoms with Gasteiger partial charge in [-0.15, -0.1) is 11.3 Å². The second kappa shape index (κ2) is 4.67. The number of aryl methyl sites for hydroxylation is 1. The van der Waals surface area contributed by atoms with E-state index in [9.17, 15) is 0 Å². The van der Waals surface area contributed by atoms with Crippen LogP contribution in [0.25, 0.3) is 0 Å². The number of thiophene rings is 1. The molecule has 0 aliphatic heterocycles. The van der Waals surface area contributed by atoms with Gasteiger partial charge in [-0.2, -0.15) is 0 Å². The molecule has 3 rings (SSSR count). The molecule has 2 bridgehead atoms. The number of halogens is 1. The van der Waals surface area contributed by atoms with Crippen molar-refractivity contribution < 1.29 is 0 Å². The van der Waals surface area contributed by atoms with Crippen LogP contribution in [0.15, 0.2) is 9.85 Å². The molecule has 17 heavy (non-hydrogen) atoms. The topological polar surface area (TPSA) is 26.0 Å². The van der Waals surface area contributed by atoms with Crippen LogP contribution in [0, 0.1) is 24.7 Å². The van der Waals surface area contributed by atoms with E-state index < -0.39 is 0 Å². The first-order valence-electron chi connectivity index (χ1n) is 6.65. The lowest BCUT2D eigenvalue weighted by Crippen LogP contribution is -2.18. The van der Waals surface area contributed by atoms with Crippen molar-refractivity contribution in [3.63, 3.8) is 0 Å². The van der Waals surface area contributed by atoms with Crippen molar-refractivity contribution >= 4 is 27.3 Å². The van der Waals surface area contributed by atoms with Crippen LogP contribution in [0.5, 0.6) is 0 Å². The van der Waals surface area contributed by atoms with Crippen molar-refractivity contribution in [1.82, 2.24) is 0 Å². The van der Waals surface area contributed by atoms with E-state index in [1.165, 1.54) is 46.3 Å². The largest absolute Gasteiger partial charge is 0.323 e. The summed E-state index contributed by atoms with van der Waals surface area (Å²) in [5, 5.41) is 0. The summed E-state index contributed by atoms with van der Waals surface area (Å²) in [7, 11) is 0.